The molecule has 0 N–H and O–H groups in total. The molecule has 0 aromatic carbocycles. The number of ether oxygens (including phenoxy) is 1. The molecule has 2 heteroatoms. The second kappa shape index (κ2) is 20.6. The predicted octanol–water partition coefficient (Wildman–Crippen LogP) is 8.10. The lowest BCUT2D eigenvalue weighted by molar-refractivity contribution is -0.909. The van der Waals surface area contributed by atoms with Crippen LogP contribution in [0.15, 0.2) is 0 Å². The summed E-state index contributed by atoms with van der Waals surface area (Å²) in [6.45, 7) is 7.67. The fraction of sp³-hybridized carbons (Fsp3) is 1.00. The van der Waals surface area contributed by atoms with Crippen molar-refractivity contribution >= 4 is 0 Å². The average Bonchev–Trinajstić information content (AvgIpc) is 2.64. The quantitative estimate of drug-likeness (QED) is 0.104. The number of hydrogen-bond donors (Lipinski definition) is 0. The van der Waals surface area contributed by atoms with E-state index in [1.165, 1.54) is 122 Å². The van der Waals surface area contributed by atoms with Gasteiger partial charge < -0.3 is 9.22 Å². The van der Waals surface area contributed by atoms with Gasteiger partial charge in [-0.2, -0.15) is 0 Å². The Morgan fingerprint density at radius 2 is 0.852 bits per heavy atom. The lowest BCUT2D eigenvalue weighted by Gasteiger charge is -2.29. The Hall–Kier alpha value is -0.0800. The summed E-state index contributed by atoms with van der Waals surface area (Å²) in [5.74, 6) is 0. The molecule has 0 saturated carbocycles. The van der Waals surface area contributed by atoms with Crippen LogP contribution in [0.25, 0.3) is 0 Å². The molecule has 0 atom stereocenters. The van der Waals surface area contributed by atoms with Crippen LogP contribution in [0, 0.1) is 0 Å². The summed E-state index contributed by atoms with van der Waals surface area (Å²) in [5.41, 5.74) is 0. The number of rotatable bonds is 22. The summed E-state index contributed by atoms with van der Waals surface area (Å²) < 4.78 is 6.98. The minimum absolute atomic E-state index is 0.883. The Bertz CT molecular complexity index is 251. The molecular weight excluding hydrogens is 330 g/mol. The highest BCUT2D eigenvalue weighted by Gasteiger charge is 2.14. The van der Waals surface area contributed by atoms with Crippen LogP contribution >= 0.6 is 0 Å². The highest BCUT2D eigenvalue weighted by atomic mass is 16.5. The van der Waals surface area contributed by atoms with Crippen molar-refractivity contribution in [1.29, 1.82) is 0 Å². The van der Waals surface area contributed by atoms with Crippen LogP contribution in [-0.4, -0.2) is 38.5 Å². The van der Waals surface area contributed by atoms with Crippen LogP contribution in [0.4, 0.5) is 0 Å². The Balaban J connectivity index is 3.31. The topological polar surface area (TPSA) is 9.23 Å². The molecule has 0 radical (unpaired) electrons. The minimum atomic E-state index is 0.883. The molecule has 0 saturated heterocycles. The van der Waals surface area contributed by atoms with Crippen LogP contribution in [0.5, 0.6) is 0 Å². The molecule has 0 heterocycles. The lowest BCUT2D eigenvalue weighted by atomic mass is 10.1. The van der Waals surface area contributed by atoms with Crippen LogP contribution in [0.3, 0.4) is 0 Å². The maximum absolute atomic E-state index is 5.96. The van der Waals surface area contributed by atoms with Gasteiger partial charge in [0.25, 0.3) is 0 Å². The summed E-state index contributed by atoms with van der Waals surface area (Å²) >= 11 is 0. The number of quaternary nitrogens is 1. The third-order valence-electron chi connectivity index (χ3n) is 5.70. The zero-order valence-corrected chi connectivity index (χ0v) is 19.7. The van der Waals surface area contributed by atoms with Gasteiger partial charge in [-0.25, -0.2) is 0 Å². The van der Waals surface area contributed by atoms with E-state index in [4.69, 9.17) is 4.74 Å². The van der Waals surface area contributed by atoms with Gasteiger partial charge in [0, 0.05) is 0 Å². The van der Waals surface area contributed by atoms with E-state index in [0.29, 0.717) is 0 Å². The summed E-state index contributed by atoms with van der Waals surface area (Å²) in [5, 5.41) is 0. The molecule has 0 bridgehead atoms. The van der Waals surface area contributed by atoms with Crippen molar-refractivity contribution in [1.82, 2.24) is 0 Å². The molecular formula is C25H54NO+. The van der Waals surface area contributed by atoms with Crippen LogP contribution < -0.4 is 0 Å². The van der Waals surface area contributed by atoms with Crippen molar-refractivity contribution in [2.75, 3.05) is 34.0 Å². The molecule has 2 nitrogen and oxygen atoms in total. The maximum Gasteiger partial charge on any atom is 0.182 e. The monoisotopic (exact) mass is 384 g/mol. The van der Waals surface area contributed by atoms with Gasteiger partial charge in [-0.3, -0.25) is 0 Å². The molecule has 0 amide bonds. The smallest absolute Gasteiger partial charge is 0.182 e. The molecule has 0 spiro atoms. The average molecular weight is 385 g/mol. The maximum atomic E-state index is 5.96. The van der Waals surface area contributed by atoms with Crippen LogP contribution in [0.2, 0.25) is 0 Å². The third-order valence-corrected chi connectivity index (χ3v) is 5.70. The zero-order valence-electron chi connectivity index (χ0n) is 19.7. The molecule has 0 unspecified atom stereocenters. The van der Waals surface area contributed by atoms with E-state index in [1.807, 2.05) is 0 Å². The summed E-state index contributed by atoms with van der Waals surface area (Å²) in [4.78, 5) is 0. The van der Waals surface area contributed by atoms with Crippen molar-refractivity contribution in [3.8, 4) is 0 Å². The Morgan fingerprint density at radius 3 is 1.30 bits per heavy atom. The summed E-state index contributed by atoms with van der Waals surface area (Å²) in [6, 6.07) is 0. The molecule has 164 valence electrons. The first-order valence-electron chi connectivity index (χ1n) is 12.5. The molecule has 0 rings (SSSR count). The summed E-state index contributed by atoms with van der Waals surface area (Å²) in [7, 11) is 4.64. The van der Waals surface area contributed by atoms with Crippen molar-refractivity contribution < 1.29 is 9.22 Å². The van der Waals surface area contributed by atoms with Gasteiger partial charge in [0.1, 0.15) is 0 Å². The largest absolute Gasteiger partial charge is 0.332 e. The molecule has 27 heavy (non-hydrogen) atoms. The van der Waals surface area contributed by atoms with E-state index in [-0.39, 0.29) is 0 Å². The predicted molar refractivity (Wildman–Crippen MR) is 122 cm³/mol. The highest BCUT2D eigenvalue weighted by Crippen LogP contribution is 2.12. The SMILES string of the molecule is CCCCCCCCCCCC[N+](C)(C)COCCCCCCCCCC. The first-order chi connectivity index (χ1) is 13.1. The normalized spacial score (nSPS) is 12.0. The van der Waals surface area contributed by atoms with Gasteiger partial charge in [0.2, 0.25) is 0 Å². The molecule has 0 aliphatic rings. The standard InChI is InChI=1S/C25H54NO/c1-5-7-9-11-13-15-16-17-19-21-23-26(3,4)25-27-24-22-20-18-14-12-10-8-6-2/h5-25H2,1-4H3/q+1. The molecule has 0 aromatic heterocycles. The Labute approximate surface area is 173 Å². The van der Waals surface area contributed by atoms with Crippen molar-refractivity contribution in [3.63, 3.8) is 0 Å². The van der Waals surface area contributed by atoms with E-state index >= 15 is 0 Å². The molecule has 0 aromatic rings. The zero-order chi connectivity index (χ0) is 20.1. The van der Waals surface area contributed by atoms with Crippen molar-refractivity contribution in [2.24, 2.45) is 0 Å². The lowest BCUT2D eigenvalue weighted by Crippen LogP contribution is -2.42. The first kappa shape index (κ1) is 26.9. The second-order valence-corrected chi connectivity index (χ2v) is 9.35. The Morgan fingerprint density at radius 1 is 0.481 bits per heavy atom. The third kappa shape index (κ3) is 22.1. The van der Waals surface area contributed by atoms with Gasteiger partial charge in [0.15, 0.2) is 6.73 Å². The van der Waals surface area contributed by atoms with Gasteiger partial charge in [-0.15, -0.1) is 0 Å². The first-order valence-corrected chi connectivity index (χ1v) is 12.5. The minimum Gasteiger partial charge on any atom is -0.332 e. The van der Waals surface area contributed by atoms with Gasteiger partial charge in [0.05, 0.1) is 27.2 Å². The molecule has 0 fully saturated rings. The van der Waals surface area contributed by atoms with Crippen LogP contribution in [-0.2, 0) is 4.74 Å². The van der Waals surface area contributed by atoms with Crippen LogP contribution in [0.1, 0.15) is 129 Å². The fourth-order valence-corrected chi connectivity index (χ4v) is 3.74. The van der Waals surface area contributed by atoms with Gasteiger partial charge >= 0.3 is 0 Å². The highest BCUT2D eigenvalue weighted by molar-refractivity contribution is 4.48. The second-order valence-electron chi connectivity index (χ2n) is 9.35. The fourth-order valence-electron chi connectivity index (χ4n) is 3.74. The summed E-state index contributed by atoms with van der Waals surface area (Å²) in [6.07, 6.45) is 25.2. The van der Waals surface area contributed by atoms with E-state index in [9.17, 15) is 0 Å². The molecule has 0 aliphatic carbocycles. The van der Waals surface area contributed by atoms with Gasteiger partial charge in [-0.05, 0) is 19.3 Å². The Kier molecular flexibility index (Phi) is 20.6. The van der Waals surface area contributed by atoms with E-state index in [2.05, 4.69) is 27.9 Å². The van der Waals surface area contributed by atoms with Crippen molar-refractivity contribution in [3.05, 3.63) is 0 Å². The number of hydrogen-bond acceptors (Lipinski definition) is 1. The van der Waals surface area contributed by atoms with E-state index < -0.39 is 0 Å². The van der Waals surface area contributed by atoms with E-state index in [0.717, 1.165) is 17.8 Å². The number of nitrogens with zero attached hydrogens (tertiary/aromatic N) is 1. The van der Waals surface area contributed by atoms with Gasteiger partial charge in [-0.1, -0.05) is 110 Å². The van der Waals surface area contributed by atoms with Crippen molar-refractivity contribution in [2.45, 2.75) is 129 Å². The number of unbranched alkanes of at least 4 members (excludes halogenated alkanes) is 16. The molecule has 0 aliphatic heterocycles. The van der Waals surface area contributed by atoms with E-state index in [1.54, 1.807) is 0 Å².